The third kappa shape index (κ3) is 11.7. The standard InChI is InChI=1S/C34H48N2O2/c1-2-3-4-5-6-7-8-9-10-11-12-19-28-38-32-22-20-31(21-23-32)29-33(37)35-34(24-15-13-16-25-34)30-36-26-17-14-18-27-36/h13-18,20-24,26-27H,2-12,19,25,28-30H2,1H3/p+1. The van der Waals surface area contributed by atoms with Gasteiger partial charge in [-0.05, 0) is 30.5 Å². The number of amides is 1. The van der Waals surface area contributed by atoms with E-state index in [2.05, 4.69) is 29.0 Å². The number of unbranched alkanes of at least 4 members (excludes halogenated alkanes) is 11. The zero-order valence-corrected chi connectivity index (χ0v) is 23.6. The number of nitrogens with one attached hydrogen (secondary N) is 1. The Hall–Kier alpha value is -2.88. The van der Waals surface area contributed by atoms with Gasteiger partial charge in [0.1, 0.15) is 11.3 Å². The summed E-state index contributed by atoms with van der Waals surface area (Å²) in [7, 11) is 0. The van der Waals surface area contributed by atoms with Crippen molar-refractivity contribution in [3.63, 3.8) is 0 Å². The maximum Gasteiger partial charge on any atom is 0.225 e. The fourth-order valence-electron chi connectivity index (χ4n) is 5.12. The zero-order chi connectivity index (χ0) is 26.7. The summed E-state index contributed by atoms with van der Waals surface area (Å²) in [6.07, 6.45) is 29.7. The van der Waals surface area contributed by atoms with Crippen LogP contribution in [0, 0.1) is 0 Å². The molecule has 1 unspecified atom stereocenters. The molecule has 0 bridgehead atoms. The van der Waals surface area contributed by atoms with Gasteiger partial charge in [-0.1, -0.05) is 120 Å². The number of hydrogen-bond acceptors (Lipinski definition) is 2. The molecule has 1 aliphatic carbocycles. The highest BCUT2D eigenvalue weighted by atomic mass is 16.5. The molecule has 4 nitrogen and oxygen atoms in total. The maximum absolute atomic E-state index is 13.0. The minimum Gasteiger partial charge on any atom is -0.494 e. The maximum atomic E-state index is 13.0. The molecule has 1 aromatic heterocycles. The van der Waals surface area contributed by atoms with Crippen molar-refractivity contribution in [3.05, 3.63) is 84.7 Å². The molecule has 1 heterocycles. The molecule has 2 aromatic rings. The second kappa shape index (κ2) is 17.6. The van der Waals surface area contributed by atoms with Crippen LogP contribution in [0.4, 0.5) is 0 Å². The van der Waals surface area contributed by atoms with E-state index in [0.717, 1.165) is 30.8 Å². The summed E-state index contributed by atoms with van der Waals surface area (Å²) in [4.78, 5) is 13.0. The molecule has 0 spiro atoms. The largest absolute Gasteiger partial charge is 0.494 e. The lowest BCUT2D eigenvalue weighted by Crippen LogP contribution is -2.57. The van der Waals surface area contributed by atoms with E-state index in [-0.39, 0.29) is 5.91 Å². The number of nitrogens with zero attached hydrogens (tertiary/aromatic N) is 1. The topological polar surface area (TPSA) is 42.2 Å². The number of allylic oxidation sites excluding steroid dienone is 2. The van der Waals surface area contributed by atoms with Gasteiger partial charge in [-0.25, -0.2) is 4.57 Å². The molecular weight excluding hydrogens is 468 g/mol. The Kier molecular flexibility index (Phi) is 13.7. The summed E-state index contributed by atoms with van der Waals surface area (Å²) >= 11 is 0. The molecule has 0 saturated heterocycles. The van der Waals surface area contributed by atoms with Crippen molar-refractivity contribution in [1.82, 2.24) is 5.32 Å². The van der Waals surface area contributed by atoms with Crippen LogP contribution in [-0.4, -0.2) is 18.1 Å². The quantitative estimate of drug-likeness (QED) is 0.153. The van der Waals surface area contributed by atoms with Crippen LogP contribution in [-0.2, 0) is 17.8 Å². The Morgan fingerprint density at radius 1 is 0.842 bits per heavy atom. The SMILES string of the molecule is CCCCCCCCCCCCCCOc1ccc(CC(=O)NC2(C[n+]3ccccc3)C=CC=CC2)cc1. The fraction of sp³-hybridized carbons (Fsp3) is 0.529. The van der Waals surface area contributed by atoms with Gasteiger partial charge in [-0.3, -0.25) is 4.79 Å². The monoisotopic (exact) mass is 517 g/mol. The lowest BCUT2D eigenvalue weighted by molar-refractivity contribution is -0.703. The second-order valence-corrected chi connectivity index (χ2v) is 10.8. The summed E-state index contributed by atoms with van der Waals surface area (Å²) in [5, 5.41) is 3.29. The Morgan fingerprint density at radius 2 is 1.47 bits per heavy atom. The van der Waals surface area contributed by atoms with E-state index < -0.39 is 5.54 Å². The molecule has 1 aromatic carbocycles. The average molecular weight is 518 g/mol. The van der Waals surface area contributed by atoms with Crippen molar-refractivity contribution in [2.24, 2.45) is 0 Å². The third-order valence-corrected chi connectivity index (χ3v) is 7.33. The van der Waals surface area contributed by atoms with Crippen LogP contribution in [0.15, 0.2) is 79.2 Å². The number of pyridine rings is 1. The van der Waals surface area contributed by atoms with Crippen molar-refractivity contribution < 1.29 is 14.1 Å². The number of carbonyl (C=O) groups excluding carboxylic acids is 1. The molecule has 0 radical (unpaired) electrons. The van der Waals surface area contributed by atoms with Gasteiger partial charge in [0.2, 0.25) is 5.91 Å². The molecule has 1 N–H and O–H groups in total. The number of rotatable bonds is 19. The molecule has 1 amide bonds. The number of hydrogen-bond donors (Lipinski definition) is 1. The Balaban J connectivity index is 1.29. The van der Waals surface area contributed by atoms with Crippen LogP contribution in [0.3, 0.4) is 0 Å². The first kappa shape index (κ1) is 29.7. The molecular formula is C34H49N2O2+. The van der Waals surface area contributed by atoms with Gasteiger partial charge in [0.05, 0.1) is 13.0 Å². The molecule has 0 saturated carbocycles. The molecule has 3 rings (SSSR count). The van der Waals surface area contributed by atoms with Gasteiger partial charge in [0.25, 0.3) is 0 Å². The average Bonchev–Trinajstić information content (AvgIpc) is 2.93. The van der Waals surface area contributed by atoms with E-state index in [0.29, 0.717) is 13.0 Å². The van der Waals surface area contributed by atoms with E-state index >= 15 is 0 Å². The van der Waals surface area contributed by atoms with E-state index in [4.69, 9.17) is 4.74 Å². The van der Waals surface area contributed by atoms with Crippen LogP contribution in [0.1, 0.15) is 96.0 Å². The van der Waals surface area contributed by atoms with Crippen molar-refractivity contribution in [2.45, 2.75) is 109 Å². The van der Waals surface area contributed by atoms with Crippen LogP contribution in [0.5, 0.6) is 5.75 Å². The summed E-state index contributed by atoms with van der Waals surface area (Å²) < 4.78 is 8.06. The van der Waals surface area contributed by atoms with Gasteiger partial charge in [-0.15, -0.1) is 0 Å². The number of carbonyl (C=O) groups is 1. The normalized spacial score (nSPS) is 16.4. The van der Waals surface area contributed by atoms with E-state index in [1.54, 1.807) is 0 Å². The molecule has 206 valence electrons. The van der Waals surface area contributed by atoms with Crippen molar-refractivity contribution in [2.75, 3.05) is 6.61 Å². The highest BCUT2D eigenvalue weighted by Gasteiger charge is 2.33. The molecule has 0 fully saturated rings. The lowest BCUT2D eigenvalue weighted by atomic mass is 9.90. The predicted octanol–water partition coefficient (Wildman–Crippen LogP) is 7.67. The molecule has 1 aliphatic rings. The fourth-order valence-corrected chi connectivity index (χ4v) is 5.12. The first-order valence-electron chi connectivity index (χ1n) is 15.0. The van der Waals surface area contributed by atoms with Gasteiger partial charge in [0.15, 0.2) is 18.9 Å². The molecule has 4 heteroatoms. The Labute approximate surface area is 231 Å². The second-order valence-electron chi connectivity index (χ2n) is 10.8. The van der Waals surface area contributed by atoms with Gasteiger partial charge < -0.3 is 10.1 Å². The van der Waals surface area contributed by atoms with Gasteiger partial charge in [0, 0.05) is 12.1 Å². The smallest absolute Gasteiger partial charge is 0.225 e. The molecule has 38 heavy (non-hydrogen) atoms. The Bertz CT molecular complexity index is 968. The lowest BCUT2D eigenvalue weighted by Gasteiger charge is -2.29. The van der Waals surface area contributed by atoms with Crippen LogP contribution in [0.2, 0.25) is 0 Å². The highest BCUT2D eigenvalue weighted by Crippen LogP contribution is 2.20. The van der Waals surface area contributed by atoms with Gasteiger partial charge in [-0.2, -0.15) is 0 Å². The van der Waals surface area contributed by atoms with Crippen LogP contribution >= 0.6 is 0 Å². The minimum atomic E-state index is -0.408. The van der Waals surface area contributed by atoms with Crippen molar-refractivity contribution in [1.29, 1.82) is 0 Å². The first-order chi connectivity index (χ1) is 18.7. The Morgan fingerprint density at radius 3 is 2.08 bits per heavy atom. The van der Waals surface area contributed by atoms with E-state index in [1.165, 1.54) is 70.6 Å². The number of aromatic nitrogens is 1. The first-order valence-corrected chi connectivity index (χ1v) is 15.0. The predicted molar refractivity (Wildman–Crippen MR) is 157 cm³/mol. The van der Waals surface area contributed by atoms with Crippen LogP contribution in [0.25, 0.3) is 0 Å². The van der Waals surface area contributed by atoms with Crippen molar-refractivity contribution >= 4 is 5.91 Å². The summed E-state index contributed by atoms with van der Waals surface area (Å²) in [6.45, 7) is 3.74. The van der Waals surface area contributed by atoms with E-state index in [1.807, 2.05) is 67.0 Å². The van der Waals surface area contributed by atoms with Crippen molar-refractivity contribution in [3.8, 4) is 5.75 Å². The van der Waals surface area contributed by atoms with E-state index in [9.17, 15) is 4.79 Å². The summed E-state index contributed by atoms with van der Waals surface area (Å²) in [5.41, 5.74) is 0.591. The van der Waals surface area contributed by atoms with Gasteiger partial charge >= 0.3 is 0 Å². The molecule has 0 aliphatic heterocycles. The zero-order valence-electron chi connectivity index (χ0n) is 23.6. The number of benzene rings is 1. The summed E-state index contributed by atoms with van der Waals surface area (Å²) in [5.74, 6) is 0.918. The third-order valence-electron chi connectivity index (χ3n) is 7.33. The summed E-state index contributed by atoms with van der Waals surface area (Å²) in [6, 6.07) is 14.0. The number of ether oxygens (including phenoxy) is 1. The van der Waals surface area contributed by atoms with Crippen LogP contribution < -0.4 is 14.6 Å². The minimum absolute atomic E-state index is 0.0339. The highest BCUT2D eigenvalue weighted by molar-refractivity contribution is 5.79. The molecule has 1 atom stereocenters.